The van der Waals surface area contributed by atoms with Crippen LogP contribution in [0.1, 0.15) is 45.1 Å². The summed E-state index contributed by atoms with van der Waals surface area (Å²) in [5.41, 5.74) is 2.16. The van der Waals surface area contributed by atoms with E-state index in [9.17, 15) is 4.79 Å². The average Bonchev–Trinajstić information content (AvgIpc) is 2.41. The normalized spacial score (nSPS) is 17.4. The molecule has 3 heteroatoms. The van der Waals surface area contributed by atoms with Crippen molar-refractivity contribution < 1.29 is 4.79 Å². The summed E-state index contributed by atoms with van der Waals surface area (Å²) in [5, 5.41) is 3.07. The molecule has 0 bridgehead atoms. The van der Waals surface area contributed by atoms with Gasteiger partial charge in [0.15, 0.2) is 0 Å². The molecule has 1 N–H and O–H groups in total. The van der Waals surface area contributed by atoms with Gasteiger partial charge in [-0.3, -0.25) is 9.69 Å². The smallest absolute Gasteiger partial charge is 0.238 e. The van der Waals surface area contributed by atoms with Gasteiger partial charge in [0, 0.05) is 5.69 Å². The first-order valence-electron chi connectivity index (χ1n) is 7.67. The summed E-state index contributed by atoms with van der Waals surface area (Å²) in [6, 6.07) is 8.08. The Balaban J connectivity index is 1.91. The maximum Gasteiger partial charge on any atom is 0.238 e. The molecule has 1 saturated heterocycles. The summed E-state index contributed by atoms with van der Waals surface area (Å²) in [7, 11) is 0. The maximum absolute atomic E-state index is 12.2. The van der Waals surface area contributed by atoms with E-state index in [1.54, 1.807) is 0 Å². The summed E-state index contributed by atoms with van der Waals surface area (Å²) in [6.45, 7) is 9.18. The van der Waals surface area contributed by atoms with Crippen LogP contribution in [0.3, 0.4) is 0 Å². The summed E-state index contributed by atoms with van der Waals surface area (Å²) >= 11 is 0. The van der Waals surface area contributed by atoms with Gasteiger partial charge in [-0.2, -0.15) is 0 Å². The molecule has 20 heavy (non-hydrogen) atoms. The third-order valence-corrected chi connectivity index (χ3v) is 4.10. The van der Waals surface area contributed by atoms with E-state index in [0.29, 0.717) is 12.5 Å². The number of hydrogen-bond donors (Lipinski definition) is 1. The van der Waals surface area contributed by atoms with Gasteiger partial charge in [-0.25, -0.2) is 0 Å². The van der Waals surface area contributed by atoms with Gasteiger partial charge in [-0.05, 0) is 49.4 Å². The largest absolute Gasteiger partial charge is 0.325 e. The molecule has 1 amide bonds. The molecule has 0 radical (unpaired) electrons. The highest BCUT2D eigenvalue weighted by Gasteiger charge is 2.18. The molecule has 0 unspecified atom stereocenters. The van der Waals surface area contributed by atoms with Gasteiger partial charge in [0.05, 0.1) is 6.54 Å². The number of amides is 1. The van der Waals surface area contributed by atoms with Gasteiger partial charge in [0.2, 0.25) is 5.91 Å². The average molecular weight is 274 g/mol. The molecule has 0 spiro atoms. The third-order valence-electron chi connectivity index (χ3n) is 4.10. The third kappa shape index (κ3) is 4.07. The molecule has 0 saturated carbocycles. The van der Waals surface area contributed by atoms with Gasteiger partial charge in [-0.1, -0.05) is 39.0 Å². The molecule has 3 nitrogen and oxygen atoms in total. The lowest BCUT2D eigenvalue weighted by Crippen LogP contribution is -2.38. The number of rotatable bonds is 4. The van der Waals surface area contributed by atoms with Crippen LogP contribution in [0.4, 0.5) is 5.69 Å². The predicted molar refractivity (Wildman–Crippen MR) is 84.0 cm³/mol. The van der Waals surface area contributed by atoms with Gasteiger partial charge in [0.1, 0.15) is 0 Å². The number of piperidine rings is 1. The Morgan fingerprint density at radius 3 is 2.60 bits per heavy atom. The summed E-state index contributed by atoms with van der Waals surface area (Å²) < 4.78 is 0. The van der Waals surface area contributed by atoms with Crippen molar-refractivity contribution in [1.82, 2.24) is 4.90 Å². The van der Waals surface area contributed by atoms with Crippen molar-refractivity contribution in [2.75, 3.05) is 25.0 Å². The molecule has 1 fully saturated rings. The lowest BCUT2D eigenvalue weighted by atomic mass is 9.99. The predicted octanol–water partition coefficient (Wildman–Crippen LogP) is 3.48. The van der Waals surface area contributed by atoms with E-state index in [-0.39, 0.29) is 5.91 Å². The van der Waals surface area contributed by atoms with Crippen molar-refractivity contribution in [2.45, 2.75) is 39.5 Å². The Morgan fingerprint density at radius 2 is 1.95 bits per heavy atom. The quantitative estimate of drug-likeness (QED) is 0.911. The van der Waals surface area contributed by atoms with Gasteiger partial charge in [-0.15, -0.1) is 0 Å². The Kier molecular flexibility index (Phi) is 5.18. The van der Waals surface area contributed by atoms with Gasteiger partial charge >= 0.3 is 0 Å². The molecule has 1 aromatic rings. The number of benzene rings is 1. The molecular weight excluding hydrogens is 248 g/mol. The molecule has 1 aliphatic heterocycles. The second-order valence-corrected chi connectivity index (χ2v) is 6.25. The molecule has 0 atom stereocenters. The van der Waals surface area contributed by atoms with Crippen LogP contribution in [0.2, 0.25) is 0 Å². The second-order valence-electron chi connectivity index (χ2n) is 6.25. The van der Waals surface area contributed by atoms with E-state index in [4.69, 9.17) is 0 Å². The fraction of sp³-hybridized carbons (Fsp3) is 0.588. The van der Waals surface area contributed by atoms with Gasteiger partial charge < -0.3 is 5.32 Å². The van der Waals surface area contributed by atoms with E-state index in [0.717, 1.165) is 24.7 Å². The molecule has 1 heterocycles. The summed E-state index contributed by atoms with van der Waals surface area (Å²) in [6.07, 6.45) is 2.41. The highest BCUT2D eigenvalue weighted by Crippen LogP contribution is 2.23. The van der Waals surface area contributed by atoms with E-state index in [2.05, 4.69) is 37.1 Å². The Hall–Kier alpha value is -1.35. The van der Waals surface area contributed by atoms with E-state index in [1.807, 2.05) is 18.2 Å². The zero-order valence-electron chi connectivity index (χ0n) is 12.9. The van der Waals surface area contributed by atoms with Gasteiger partial charge in [0.25, 0.3) is 0 Å². The molecular formula is C17H26N2O. The lowest BCUT2D eigenvalue weighted by Gasteiger charge is -2.29. The molecule has 1 aliphatic rings. The fourth-order valence-corrected chi connectivity index (χ4v) is 2.73. The van der Waals surface area contributed by atoms with Crippen LogP contribution < -0.4 is 5.32 Å². The Labute approximate surface area is 122 Å². The number of anilines is 1. The summed E-state index contributed by atoms with van der Waals surface area (Å²) in [4.78, 5) is 14.4. The number of hydrogen-bond acceptors (Lipinski definition) is 2. The van der Waals surface area contributed by atoms with Crippen LogP contribution in [0.5, 0.6) is 0 Å². The minimum Gasteiger partial charge on any atom is -0.325 e. The first kappa shape index (κ1) is 15.0. The highest BCUT2D eigenvalue weighted by atomic mass is 16.2. The van der Waals surface area contributed by atoms with Crippen molar-refractivity contribution in [3.63, 3.8) is 0 Å². The number of carbonyl (C=O) groups is 1. The molecule has 1 aromatic carbocycles. The van der Waals surface area contributed by atoms with Crippen molar-refractivity contribution in [1.29, 1.82) is 0 Å². The number of carbonyl (C=O) groups excluding carboxylic acids is 1. The number of nitrogens with zero attached hydrogens (tertiary/aromatic N) is 1. The van der Waals surface area contributed by atoms with E-state index >= 15 is 0 Å². The fourth-order valence-electron chi connectivity index (χ4n) is 2.73. The first-order chi connectivity index (χ1) is 9.56. The molecule has 0 aliphatic carbocycles. The van der Waals surface area contributed by atoms with Crippen molar-refractivity contribution in [2.24, 2.45) is 5.92 Å². The van der Waals surface area contributed by atoms with E-state index in [1.165, 1.54) is 18.4 Å². The van der Waals surface area contributed by atoms with Crippen molar-refractivity contribution in [3.8, 4) is 0 Å². The Morgan fingerprint density at radius 1 is 1.30 bits per heavy atom. The number of para-hydroxylation sites is 1. The molecule has 0 aromatic heterocycles. The van der Waals surface area contributed by atoms with Crippen LogP contribution >= 0.6 is 0 Å². The second kappa shape index (κ2) is 6.89. The zero-order chi connectivity index (χ0) is 14.5. The van der Waals surface area contributed by atoms with Crippen LogP contribution in [-0.4, -0.2) is 30.4 Å². The van der Waals surface area contributed by atoms with Crippen molar-refractivity contribution in [3.05, 3.63) is 29.8 Å². The van der Waals surface area contributed by atoms with Crippen LogP contribution in [0.25, 0.3) is 0 Å². The Bertz CT molecular complexity index is 448. The van der Waals surface area contributed by atoms with Crippen molar-refractivity contribution >= 4 is 11.6 Å². The lowest BCUT2D eigenvalue weighted by molar-refractivity contribution is -0.117. The SMILES string of the molecule is CC1CCN(CC(=O)Nc2ccccc2C(C)C)CC1. The zero-order valence-corrected chi connectivity index (χ0v) is 12.9. The van der Waals surface area contributed by atoms with E-state index < -0.39 is 0 Å². The van der Waals surface area contributed by atoms with Crippen LogP contribution in [0.15, 0.2) is 24.3 Å². The monoisotopic (exact) mass is 274 g/mol. The molecule has 110 valence electrons. The number of nitrogens with one attached hydrogen (secondary N) is 1. The topological polar surface area (TPSA) is 32.3 Å². The minimum atomic E-state index is 0.104. The standard InChI is InChI=1S/C17H26N2O/c1-13(2)15-6-4-5-7-16(15)18-17(20)12-19-10-8-14(3)9-11-19/h4-7,13-14H,8-12H2,1-3H3,(H,18,20). The number of likely N-dealkylation sites (tertiary alicyclic amines) is 1. The highest BCUT2D eigenvalue weighted by molar-refractivity contribution is 5.93. The summed E-state index contributed by atoms with van der Waals surface area (Å²) in [5.74, 6) is 1.32. The molecule has 2 rings (SSSR count). The first-order valence-corrected chi connectivity index (χ1v) is 7.67. The van der Waals surface area contributed by atoms with Crippen LogP contribution in [0, 0.1) is 5.92 Å². The maximum atomic E-state index is 12.2. The minimum absolute atomic E-state index is 0.104. The van der Waals surface area contributed by atoms with Crippen LogP contribution in [-0.2, 0) is 4.79 Å².